The summed E-state index contributed by atoms with van der Waals surface area (Å²) in [6.45, 7) is 0. The van der Waals surface area contributed by atoms with Gasteiger partial charge in [0.25, 0.3) is 0 Å². The number of nitrogens with zero attached hydrogens (tertiary/aromatic N) is 1. The van der Waals surface area contributed by atoms with Gasteiger partial charge in [0, 0.05) is 5.54 Å². The average molecular weight is 249 g/mol. The van der Waals surface area contributed by atoms with Crippen LogP contribution in [0.2, 0.25) is 0 Å². The zero-order valence-corrected chi connectivity index (χ0v) is 10.8. The van der Waals surface area contributed by atoms with Gasteiger partial charge in [-0.15, -0.1) is 0 Å². The van der Waals surface area contributed by atoms with Crippen molar-refractivity contribution in [2.45, 2.75) is 44.1 Å². The van der Waals surface area contributed by atoms with Crippen LogP contribution < -0.4 is 11.1 Å². The second kappa shape index (κ2) is 3.37. The molecule has 4 fully saturated rings. The maximum absolute atomic E-state index is 5.76. The highest BCUT2D eigenvalue weighted by molar-refractivity contribution is 7.19. The zero-order valence-electron chi connectivity index (χ0n) is 9.98. The van der Waals surface area contributed by atoms with Crippen LogP contribution in [0.4, 0.5) is 10.1 Å². The van der Waals surface area contributed by atoms with Gasteiger partial charge in [-0.05, 0) is 56.3 Å². The third-order valence-corrected chi connectivity index (χ3v) is 5.68. The van der Waals surface area contributed by atoms with Crippen molar-refractivity contribution < 1.29 is 0 Å². The van der Waals surface area contributed by atoms with Gasteiger partial charge in [0.2, 0.25) is 0 Å². The number of hydrogen-bond acceptors (Lipinski definition) is 4. The molecule has 3 N–H and O–H groups in total. The Labute approximate surface area is 106 Å². The molecule has 0 aliphatic heterocycles. The predicted molar refractivity (Wildman–Crippen MR) is 71.1 cm³/mol. The SMILES string of the molecule is Nc1cnc(NC23CC4CC(CC(C4)C2)C3)s1. The van der Waals surface area contributed by atoms with Gasteiger partial charge in [-0.25, -0.2) is 4.98 Å². The number of nitrogens with two attached hydrogens (primary N) is 1. The van der Waals surface area contributed by atoms with Gasteiger partial charge >= 0.3 is 0 Å². The summed E-state index contributed by atoms with van der Waals surface area (Å²) in [5, 5.41) is 5.58. The molecule has 4 aliphatic rings. The summed E-state index contributed by atoms with van der Waals surface area (Å²) in [4.78, 5) is 4.37. The van der Waals surface area contributed by atoms with Crippen LogP contribution in [0, 0.1) is 17.8 Å². The summed E-state index contributed by atoms with van der Waals surface area (Å²) in [7, 11) is 0. The zero-order chi connectivity index (χ0) is 11.5. The first kappa shape index (κ1) is 10.2. The molecule has 0 radical (unpaired) electrons. The van der Waals surface area contributed by atoms with Gasteiger partial charge in [-0.3, -0.25) is 0 Å². The standard InChI is InChI=1S/C13H19N3S/c14-11-7-15-12(17-11)16-13-4-8-1-9(5-13)3-10(2-8)6-13/h7-10H,1-6,14H2,(H,15,16). The van der Waals surface area contributed by atoms with E-state index in [9.17, 15) is 0 Å². The molecule has 17 heavy (non-hydrogen) atoms. The minimum atomic E-state index is 0.360. The van der Waals surface area contributed by atoms with E-state index < -0.39 is 0 Å². The van der Waals surface area contributed by atoms with Gasteiger partial charge in [0.1, 0.15) is 5.00 Å². The van der Waals surface area contributed by atoms with Crippen LogP contribution in [0.5, 0.6) is 0 Å². The molecule has 0 aromatic carbocycles. The van der Waals surface area contributed by atoms with Crippen LogP contribution in [0.25, 0.3) is 0 Å². The maximum atomic E-state index is 5.76. The van der Waals surface area contributed by atoms with E-state index in [1.807, 2.05) is 0 Å². The highest BCUT2D eigenvalue weighted by atomic mass is 32.1. The minimum Gasteiger partial charge on any atom is -0.389 e. The first-order valence-corrected chi connectivity index (χ1v) is 7.52. The van der Waals surface area contributed by atoms with Crippen LogP contribution >= 0.6 is 11.3 Å². The summed E-state index contributed by atoms with van der Waals surface area (Å²) in [5.74, 6) is 2.93. The molecule has 5 rings (SSSR count). The fourth-order valence-corrected chi connectivity index (χ4v) is 5.54. The van der Waals surface area contributed by atoms with Gasteiger partial charge in [-0.2, -0.15) is 0 Å². The number of aromatic nitrogens is 1. The topological polar surface area (TPSA) is 50.9 Å². The van der Waals surface area contributed by atoms with Crippen molar-refractivity contribution in [2.24, 2.45) is 17.8 Å². The van der Waals surface area contributed by atoms with Crippen LogP contribution in [-0.4, -0.2) is 10.5 Å². The van der Waals surface area contributed by atoms with E-state index in [0.29, 0.717) is 5.54 Å². The van der Waals surface area contributed by atoms with E-state index in [1.54, 1.807) is 17.5 Å². The van der Waals surface area contributed by atoms with Crippen LogP contribution in [-0.2, 0) is 0 Å². The molecule has 3 nitrogen and oxygen atoms in total. The second-order valence-electron chi connectivity index (χ2n) is 6.39. The first-order chi connectivity index (χ1) is 8.21. The second-order valence-corrected chi connectivity index (χ2v) is 7.45. The third-order valence-electron chi connectivity index (χ3n) is 4.93. The molecule has 4 heteroatoms. The average Bonchev–Trinajstić information content (AvgIpc) is 2.60. The maximum Gasteiger partial charge on any atom is 0.185 e. The van der Waals surface area contributed by atoms with E-state index in [0.717, 1.165) is 27.9 Å². The lowest BCUT2D eigenvalue weighted by molar-refractivity contribution is 0.0107. The number of rotatable bonds is 2. The summed E-state index contributed by atoms with van der Waals surface area (Å²) >= 11 is 1.59. The lowest BCUT2D eigenvalue weighted by Crippen LogP contribution is -2.54. The van der Waals surface area contributed by atoms with Gasteiger partial charge in [0.05, 0.1) is 6.20 Å². The quantitative estimate of drug-likeness (QED) is 0.846. The fourth-order valence-electron chi connectivity index (χ4n) is 4.83. The van der Waals surface area contributed by atoms with Crippen molar-refractivity contribution >= 4 is 21.5 Å². The van der Waals surface area contributed by atoms with Crippen molar-refractivity contribution in [1.82, 2.24) is 4.98 Å². The first-order valence-electron chi connectivity index (χ1n) is 6.70. The van der Waals surface area contributed by atoms with Crippen LogP contribution in [0.15, 0.2) is 6.20 Å². The Balaban J connectivity index is 1.60. The lowest BCUT2D eigenvalue weighted by Gasteiger charge is -2.56. The van der Waals surface area contributed by atoms with Crippen LogP contribution in [0.3, 0.4) is 0 Å². The van der Waals surface area contributed by atoms with Crippen LogP contribution in [0.1, 0.15) is 38.5 Å². The molecular formula is C13H19N3S. The summed E-state index contributed by atoms with van der Waals surface area (Å²) in [6, 6.07) is 0. The smallest absolute Gasteiger partial charge is 0.185 e. The Morgan fingerprint density at radius 2 is 1.76 bits per heavy atom. The summed E-state index contributed by atoms with van der Waals surface area (Å²) in [6.07, 6.45) is 10.3. The van der Waals surface area contributed by atoms with Gasteiger partial charge < -0.3 is 11.1 Å². The molecule has 0 amide bonds. The van der Waals surface area contributed by atoms with Crippen molar-refractivity contribution in [3.63, 3.8) is 0 Å². The molecular weight excluding hydrogens is 230 g/mol. The van der Waals surface area contributed by atoms with Crippen molar-refractivity contribution in [1.29, 1.82) is 0 Å². The Hall–Kier alpha value is -0.770. The molecule has 4 aliphatic carbocycles. The van der Waals surface area contributed by atoms with E-state index in [1.165, 1.54) is 38.5 Å². The lowest BCUT2D eigenvalue weighted by atomic mass is 9.53. The predicted octanol–water partition coefficient (Wildman–Crippen LogP) is 3.11. The fraction of sp³-hybridized carbons (Fsp3) is 0.769. The molecule has 0 atom stereocenters. The third kappa shape index (κ3) is 1.65. The number of nitrogen functional groups attached to an aromatic ring is 1. The molecule has 4 bridgehead atoms. The van der Waals surface area contributed by atoms with Gasteiger partial charge in [-0.1, -0.05) is 11.3 Å². The molecule has 1 aromatic rings. The minimum absolute atomic E-state index is 0.360. The molecule has 4 saturated carbocycles. The molecule has 0 saturated heterocycles. The number of hydrogen-bond donors (Lipinski definition) is 2. The Kier molecular flexibility index (Phi) is 2.02. The summed E-state index contributed by atoms with van der Waals surface area (Å²) < 4.78 is 0. The van der Waals surface area contributed by atoms with E-state index in [4.69, 9.17) is 5.73 Å². The number of thiazole rings is 1. The molecule has 1 heterocycles. The highest BCUT2D eigenvalue weighted by Crippen LogP contribution is 2.56. The van der Waals surface area contributed by atoms with Crippen molar-refractivity contribution in [3.8, 4) is 0 Å². The molecule has 0 unspecified atom stereocenters. The normalized spacial score (nSPS) is 42.9. The van der Waals surface area contributed by atoms with Gasteiger partial charge in [0.15, 0.2) is 5.13 Å². The number of anilines is 2. The Bertz CT molecular complexity index is 404. The van der Waals surface area contributed by atoms with E-state index in [2.05, 4.69) is 10.3 Å². The highest BCUT2D eigenvalue weighted by Gasteiger charge is 2.51. The van der Waals surface area contributed by atoms with Crippen molar-refractivity contribution in [3.05, 3.63) is 6.20 Å². The molecule has 1 aromatic heterocycles. The van der Waals surface area contributed by atoms with Crippen molar-refractivity contribution in [2.75, 3.05) is 11.1 Å². The Morgan fingerprint density at radius 1 is 1.18 bits per heavy atom. The van der Waals surface area contributed by atoms with E-state index >= 15 is 0 Å². The Morgan fingerprint density at radius 3 is 2.24 bits per heavy atom. The molecule has 0 spiro atoms. The largest absolute Gasteiger partial charge is 0.389 e. The summed E-state index contributed by atoms with van der Waals surface area (Å²) in [5.41, 5.74) is 6.12. The molecule has 92 valence electrons. The monoisotopic (exact) mass is 249 g/mol. The number of nitrogens with one attached hydrogen (secondary N) is 1. The van der Waals surface area contributed by atoms with E-state index in [-0.39, 0.29) is 0 Å².